The van der Waals surface area contributed by atoms with Crippen molar-refractivity contribution in [1.29, 1.82) is 0 Å². The van der Waals surface area contributed by atoms with Gasteiger partial charge in [-0.15, -0.1) is 0 Å². The topological polar surface area (TPSA) is 87.6 Å². The van der Waals surface area contributed by atoms with E-state index in [1.54, 1.807) is 24.3 Å². The van der Waals surface area contributed by atoms with Crippen molar-refractivity contribution in [2.45, 2.75) is 4.90 Å². The van der Waals surface area contributed by atoms with Crippen LogP contribution in [0.4, 0.5) is 5.69 Å². The Kier molecular flexibility index (Phi) is 5.65. The van der Waals surface area contributed by atoms with Gasteiger partial charge in [-0.3, -0.25) is 9.52 Å². The minimum Gasteiger partial charge on any atom is -0.280 e. The molecule has 0 spiro atoms. The van der Waals surface area contributed by atoms with Crippen molar-refractivity contribution in [3.05, 3.63) is 119 Å². The van der Waals surface area contributed by atoms with Crippen molar-refractivity contribution < 1.29 is 13.2 Å². The maximum Gasteiger partial charge on any atom is 0.271 e. The van der Waals surface area contributed by atoms with Crippen LogP contribution in [0.3, 0.4) is 0 Å². The normalized spacial score (nSPS) is 12.0. The molecule has 8 heteroatoms. The third-order valence-corrected chi connectivity index (χ3v) is 7.06. The van der Waals surface area contributed by atoms with E-state index in [-0.39, 0.29) is 10.5 Å². The summed E-state index contributed by atoms with van der Waals surface area (Å²) in [5, 5.41) is 4.89. The lowest BCUT2D eigenvalue weighted by molar-refractivity contribution is 0.0954. The number of hydrazone groups is 1. The Morgan fingerprint density at radius 1 is 0.735 bits per heavy atom. The predicted octanol–water partition coefficient (Wildman–Crippen LogP) is 5.30. The molecular formula is C26H18ClN3O3S. The summed E-state index contributed by atoms with van der Waals surface area (Å²) in [6.45, 7) is 0. The average Bonchev–Trinajstić information content (AvgIpc) is 3.18. The number of fused-ring (bicyclic) bond motifs is 3. The van der Waals surface area contributed by atoms with Crippen molar-refractivity contribution in [1.82, 2.24) is 5.43 Å². The highest BCUT2D eigenvalue weighted by Crippen LogP contribution is 2.36. The number of carbonyl (C=O) groups excluding carboxylic acids is 1. The fourth-order valence-corrected chi connectivity index (χ4v) is 5.05. The van der Waals surface area contributed by atoms with E-state index in [9.17, 15) is 13.2 Å². The first kappa shape index (κ1) is 21.9. The van der Waals surface area contributed by atoms with Gasteiger partial charge in [0.05, 0.1) is 10.6 Å². The Hall–Kier alpha value is -3.94. The van der Waals surface area contributed by atoms with E-state index in [4.69, 9.17) is 11.6 Å². The second-order valence-corrected chi connectivity index (χ2v) is 9.75. The number of hydrogen-bond acceptors (Lipinski definition) is 4. The van der Waals surface area contributed by atoms with Crippen LogP contribution in [0.1, 0.15) is 21.5 Å². The van der Waals surface area contributed by atoms with Crippen LogP contribution >= 0.6 is 11.6 Å². The van der Waals surface area contributed by atoms with E-state index in [0.29, 0.717) is 16.4 Å². The SMILES string of the molecule is O=C(NN=C1c2ccccc2-c2ccccc21)c1cccc(S(=O)(=O)Nc2ccc(Cl)cc2)c1. The summed E-state index contributed by atoms with van der Waals surface area (Å²) in [6.07, 6.45) is 0. The molecule has 5 rings (SSSR count). The summed E-state index contributed by atoms with van der Waals surface area (Å²) in [7, 11) is -3.90. The van der Waals surface area contributed by atoms with E-state index in [1.165, 1.54) is 24.3 Å². The molecule has 0 bridgehead atoms. The number of anilines is 1. The van der Waals surface area contributed by atoms with Crippen molar-refractivity contribution in [3.63, 3.8) is 0 Å². The number of amides is 1. The highest BCUT2D eigenvalue weighted by atomic mass is 35.5. The Balaban J connectivity index is 1.40. The summed E-state index contributed by atoms with van der Waals surface area (Å²) in [6, 6.07) is 27.8. The second-order valence-electron chi connectivity index (χ2n) is 7.63. The number of nitrogens with zero attached hydrogens (tertiary/aromatic N) is 1. The molecular weight excluding hydrogens is 470 g/mol. The van der Waals surface area contributed by atoms with Gasteiger partial charge in [0, 0.05) is 27.4 Å². The van der Waals surface area contributed by atoms with Gasteiger partial charge >= 0.3 is 0 Å². The molecule has 0 saturated heterocycles. The molecule has 0 radical (unpaired) electrons. The number of carbonyl (C=O) groups is 1. The van der Waals surface area contributed by atoms with Crippen LogP contribution in [0.2, 0.25) is 5.02 Å². The number of sulfonamides is 1. The molecule has 0 heterocycles. The van der Waals surface area contributed by atoms with Crippen LogP contribution in [0, 0.1) is 0 Å². The van der Waals surface area contributed by atoms with Gasteiger partial charge in [0.1, 0.15) is 0 Å². The lowest BCUT2D eigenvalue weighted by Crippen LogP contribution is -2.21. The average molecular weight is 488 g/mol. The van der Waals surface area contributed by atoms with Crippen LogP contribution in [0.15, 0.2) is 107 Å². The number of rotatable bonds is 5. The summed E-state index contributed by atoms with van der Waals surface area (Å²) in [5.41, 5.74) is 7.72. The molecule has 0 fully saturated rings. The summed E-state index contributed by atoms with van der Waals surface area (Å²) in [5.74, 6) is -0.516. The molecule has 2 N–H and O–H groups in total. The predicted molar refractivity (Wildman–Crippen MR) is 134 cm³/mol. The molecule has 1 amide bonds. The van der Waals surface area contributed by atoms with E-state index in [2.05, 4.69) is 15.2 Å². The van der Waals surface area contributed by atoms with Gasteiger partial charge in [-0.1, -0.05) is 66.2 Å². The Morgan fingerprint density at radius 3 is 1.94 bits per heavy atom. The molecule has 0 saturated carbocycles. The van der Waals surface area contributed by atoms with Crippen molar-refractivity contribution in [2.75, 3.05) is 4.72 Å². The molecule has 0 unspecified atom stereocenters. The van der Waals surface area contributed by atoms with Gasteiger partial charge in [0.25, 0.3) is 15.9 Å². The first-order chi connectivity index (χ1) is 16.4. The molecule has 4 aromatic carbocycles. The van der Waals surface area contributed by atoms with Gasteiger partial charge in [0.2, 0.25) is 0 Å². The summed E-state index contributed by atoms with van der Waals surface area (Å²) >= 11 is 5.86. The van der Waals surface area contributed by atoms with Crippen molar-refractivity contribution in [2.24, 2.45) is 5.10 Å². The van der Waals surface area contributed by atoms with E-state index in [1.807, 2.05) is 48.5 Å². The van der Waals surface area contributed by atoms with Crippen LogP contribution < -0.4 is 10.1 Å². The monoisotopic (exact) mass is 487 g/mol. The smallest absolute Gasteiger partial charge is 0.271 e. The third-order valence-electron chi connectivity index (χ3n) is 5.43. The van der Waals surface area contributed by atoms with Gasteiger partial charge in [-0.05, 0) is 53.6 Å². The largest absolute Gasteiger partial charge is 0.280 e. The molecule has 34 heavy (non-hydrogen) atoms. The molecule has 6 nitrogen and oxygen atoms in total. The Bertz CT molecular complexity index is 1500. The zero-order chi connectivity index (χ0) is 23.7. The minimum absolute atomic E-state index is 0.0423. The lowest BCUT2D eigenvalue weighted by atomic mass is 10.1. The molecule has 168 valence electrons. The van der Waals surface area contributed by atoms with Crippen LogP contribution in [0.25, 0.3) is 11.1 Å². The van der Waals surface area contributed by atoms with E-state index >= 15 is 0 Å². The number of halogens is 1. The summed E-state index contributed by atoms with van der Waals surface area (Å²) < 4.78 is 28.1. The highest BCUT2D eigenvalue weighted by molar-refractivity contribution is 7.92. The van der Waals surface area contributed by atoms with Crippen LogP contribution in [-0.2, 0) is 10.0 Å². The third kappa shape index (κ3) is 4.19. The standard InChI is InChI=1S/C26H18ClN3O3S/c27-18-12-14-19(15-13-18)30-34(32,33)20-7-5-6-17(16-20)26(31)29-28-25-23-10-3-1-8-21(23)22-9-2-4-11-24(22)25/h1-16,30H,(H,29,31). The van der Waals surface area contributed by atoms with Gasteiger partial charge in [-0.25, -0.2) is 13.8 Å². The van der Waals surface area contributed by atoms with Crippen LogP contribution in [-0.4, -0.2) is 20.0 Å². The molecule has 1 aliphatic rings. The highest BCUT2D eigenvalue weighted by Gasteiger charge is 2.24. The molecule has 0 aliphatic heterocycles. The Morgan fingerprint density at radius 2 is 1.32 bits per heavy atom. The zero-order valence-corrected chi connectivity index (χ0v) is 19.3. The maximum atomic E-state index is 12.9. The quantitative estimate of drug-likeness (QED) is 0.329. The molecule has 0 atom stereocenters. The first-order valence-electron chi connectivity index (χ1n) is 10.4. The first-order valence-corrected chi connectivity index (χ1v) is 12.2. The fourth-order valence-electron chi connectivity index (χ4n) is 3.82. The number of nitrogens with one attached hydrogen (secondary N) is 2. The fraction of sp³-hybridized carbons (Fsp3) is 0. The van der Waals surface area contributed by atoms with Crippen LogP contribution in [0.5, 0.6) is 0 Å². The Labute approximate surface area is 202 Å². The van der Waals surface area contributed by atoms with Crippen molar-refractivity contribution in [3.8, 4) is 11.1 Å². The van der Waals surface area contributed by atoms with E-state index < -0.39 is 15.9 Å². The summed E-state index contributed by atoms with van der Waals surface area (Å²) in [4.78, 5) is 12.8. The number of benzene rings is 4. The van der Waals surface area contributed by atoms with Gasteiger partial charge in [-0.2, -0.15) is 5.10 Å². The lowest BCUT2D eigenvalue weighted by Gasteiger charge is -2.09. The van der Waals surface area contributed by atoms with Gasteiger partial charge in [0.15, 0.2) is 0 Å². The van der Waals surface area contributed by atoms with Crippen molar-refractivity contribution >= 4 is 38.9 Å². The molecule has 0 aromatic heterocycles. The molecule has 1 aliphatic carbocycles. The number of hydrogen-bond donors (Lipinski definition) is 2. The van der Waals surface area contributed by atoms with E-state index in [0.717, 1.165) is 22.3 Å². The second kappa shape index (κ2) is 8.78. The maximum absolute atomic E-state index is 12.9. The molecule has 4 aromatic rings. The van der Waals surface area contributed by atoms with Gasteiger partial charge < -0.3 is 0 Å². The minimum atomic E-state index is -3.90. The zero-order valence-electron chi connectivity index (χ0n) is 17.7.